The van der Waals surface area contributed by atoms with Crippen LogP contribution < -0.4 is 10.6 Å². The smallest absolute Gasteiger partial charge is 0.407 e. The van der Waals surface area contributed by atoms with Crippen LogP contribution in [0.4, 0.5) is 9.59 Å². The fourth-order valence-electron chi connectivity index (χ4n) is 4.84. The van der Waals surface area contributed by atoms with Crippen molar-refractivity contribution in [2.75, 3.05) is 13.2 Å². The number of carbonyl (C=O) groups is 3. The zero-order chi connectivity index (χ0) is 31.2. The van der Waals surface area contributed by atoms with Gasteiger partial charge in [0.25, 0.3) is 0 Å². The summed E-state index contributed by atoms with van der Waals surface area (Å²) in [6, 6.07) is 24.7. The van der Waals surface area contributed by atoms with Crippen molar-refractivity contribution in [3.63, 3.8) is 0 Å². The first-order valence-electron chi connectivity index (χ1n) is 15.0. The van der Waals surface area contributed by atoms with Crippen molar-refractivity contribution in [1.29, 1.82) is 0 Å². The molecular weight excluding hydrogens is 544 g/mol. The maximum atomic E-state index is 13.0. The van der Waals surface area contributed by atoms with E-state index in [9.17, 15) is 14.4 Å². The van der Waals surface area contributed by atoms with Crippen LogP contribution in [0.1, 0.15) is 76.5 Å². The molecule has 0 bridgehead atoms. The van der Waals surface area contributed by atoms with Gasteiger partial charge in [0.2, 0.25) is 0 Å². The number of ether oxygens (including phenoxy) is 3. The molecule has 1 aliphatic rings. The van der Waals surface area contributed by atoms with Crippen LogP contribution in [0.25, 0.3) is 11.1 Å². The Morgan fingerprint density at radius 3 is 1.95 bits per heavy atom. The molecule has 4 rings (SSSR count). The molecule has 8 heteroatoms. The van der Waals surface area contributed by atoms with Crippen molar-refractivity contribution in [1.82, 2.24) is 10.6 Å². The number of esters is 1. The highest BCUT2D eigenvalue weighted by Crippen LogP contribution is 2.44. The minimum absolute atomic E-state index is 0.0874. The summed E-state index contributed by atoms with van der Waals surface area (Å²) in [5, 5.41) is 5.42. The molecule has 2 N–H and O–H groups in total. The third-order valence-corrected chi connectivity index (χ3v) is 6.73. The summed E-state index contributed by atoms with van der Waals surface area (Å²) in [6.45, 7) is 10.0. The Morgan fingerprint density at radius 1 is 0.767 bits per heavy atom. The predicted molar refractivity (Wildman–Crippen MR) is 168 cm³/mol. The molecule has 230 valence electrons. The van der Waals surface area contributed by atoms with E-state index in [0.29, 0.717) is 25.8 Å². The van der Waals surface area contributed by atoms with Gasteiger partial charge in [0.05, 0.1) is 0 Å². The van der Waals surface area contributed by atoms with Crippen molar-refractivity contribution >= 4 is 18.2 Å². The summed E-state index contributed by atoms with van der Waals surface area (Å²) in [4.78, 5) is 37.8. The average molecular weight is 589 g/mol. The standard InChI is InChI=1S/C33H38N2O6.C2H6/c1-33(2,3)41-31(37)34-20-12-11-19-29(30(36)39-21-23-13-5-4-6-14-23)35-32(38)40-22-28-26-17-9-7-15-24(26)25-16-8-10-18-27(25)28;1-2/h4-10,13-18,28-29H,11-12,19-22H2,1-3H3,(H,34,37)(H,35,38);1-2H3. The van der Waals surface area contributed by atoms with Gasteiger partial charge in [-0.15, -0.1) is 0 Å². The first kappa shape index (κ1) is 33.2. The van der Waals surface area contributed by atoms with Gasteiger partial charge in [-0.25, -0.2) is 14.4 Å². The maximum absolute atomic E-state index is 13.0. The molecule has 1 atom stereocenters. The van der Waals surface area contributed by atoms with Crippen LogP contribution in [0.2, 0.25) is 0 Å². The summed E-state index contributed by atoms with van der Waals surface area (Å²) < 4.78 is 16.4. The third kappa shape index (κ3) is 10.2. The predicted octanol–water partition coefficient (Wildman–Crippen LogP) is 7.36. The summed E-state index contributed by atoms with van der Waals surface area (Å²) in [5.74, 6) is -0.627. The molecule has 0 saturated heterocycles. The minimum Gasteiger partial charge on any atom is -0.459 e. The van der Waals surface area contributed by atoms with Crippen molar-refractivity contribution in [3.8, 4) is 11.1 Å². The molecule has 0 heterocycles. The Hall–Kier alpha value is -4.33. The molecule has 8 nitrogen and oxygen atoms in total. The highest BCUT2D eigenvalue weighted by atomic mass is 16.6. The quantitative estimate of drug-likeness (QED) is 0.138. The normalized spacial score (nSPS) is 12.5. The van der Waals surface area contributed by atoms with Gasteiger partial charge in [-0.3, -0.25) is 0 Å². The molecule has 0 radical (unpaired) electrons. The van der Waals surface area contributed by atoms with E-state index in [4.69, 9.17) is 14.2 Å². The lowest BCUT2D eigenvalue weighted by atomic mass is 9.98. The van der Waals surface area contributed by atoms with Gasteiger partial charge in [0.15, 0.2) is 0 Å². The molecular formula is C35H44N2O6. The molecule has 3 aromatic rings. The molecule has 0 aliphatic heterocycles. The van der Waals surface area contributed by atoms with Gasteiger partial charge < -0.3 is 24.8 Å². The van der Waals surface area contributed by atoms with Crippen molar-refractivity contribution in [2.24, 2.45) is 0 Å². The largest absolute Gasteiger partial charge is 0.459 e. The molecule has 0 spiro atoms. The lowest BCUT2D eigenvalue weighted by Crippen LogP contribution is -2.42. The zero-order valence-corrected chi connectivity index (χ0v) is 25.9. The summed E-state index contributed by atoms with van der Waals surface area (Å²) in [7, 11) is 0. The Balaban J connectivity index is 0.00000248. The van der Waals surface area contributed by atoms with Crippen molar-refractivity contribution in [3.05, 3.63) is 95.6 Å². The van der Waals surface area contributed by atoms with Crippen LogP contribution in [-0.4, -0.2) is 43.0 Å². The van der Waals surface area contributed by atoms with E-state index in [-0.39, 0.29) is 19.1 Å². The van der Waals surface area contributed by atoms with Crippen LogP contribution in [0, 0.1) is 0 Å². The van der Waals surface area contributed by atoms with Crippen LogP contribution in [0.5, 0.6) is 0 Å². The molecule has 0 fully saturated rings. The second-order valence-electron chi connectivity index (χ2n) is 11.0. The number of hydrogen-bond acceptors (Lipinski definition) is 6. The Morgan fingerprint density at radius 2 is 1.35 bits per heavy atom. The summed E-state index contributed by atoms with van der Waals surface area (Å²) in [6.07, 6.45) is 0.306. The van der Waals surface area contributed by atoms with Crippen molar-refractivity contribution in [2.45, 2.75) is 78.0 Å². The highest BCUT2D eigenvalue weighted by Gasteiger charge is 2.30. The van der Waals surface area contributed by atoms with Crippen LogP contribution in [0.3, 0.4) is 0 Å². The molecule has 1 unspecified atom stereocenters. The number of amides is 2. The van der Waals surface area contributed by atoms with E-state index in [2.05, 4.69) is 34.9 Å². The number of benzene rings is 3. The number of alkyl carbamates (subject to hydrolysis) is 2. The van der Waals surface area contributed by atoms with Gasteiger partial charge >= 0.3 is 18.2 Å². The van der Waals surface area contributed by atoms with E-state index in [1.807, 2.05) is 68.4 Å². The molecule has 3 aromatic carbocycles. The zero-order valence-electron chi connectivity index (χ0n) is 25.9. The van der Waals surface area contributed by atoms with Gasteiger partial charge in [-0.2, -0.15) is 0 Å². The second kappa shape index (κ2) is 16.3. The number of rotatable bonds is 11. The van der Waals surface area contributed by atoms with Gasteiger partial charge in [0, 0.05) is 12.5 Å². The van der Waals surface area contributed by atoms with Gasteiger partial charge in [0.1, 0.15) is 24.9 Å². The Labute approximate surface area is 255 Å². The SMILES string of the molecule is CC.CC(C)(C)OC(=O)NCCCCC(NC(=O)OCC1c2ccccc2-c2ccccc21)C(=O)OCc1ccccc1. The van der Waals surface area contributed by atoms with Crippen LogP contribution >= 0.6 is 0 Å². The number of unbranched alkanes of at least 4 members (excludes halogenated alkanes) is 1. The number of carbonyl (C=O) groups excluding carboxylic acids is 3. The summed E-state index contributed by atoms with van der Waals surface area (Å²) >= 11 is 0. The van der Waals surface area contributed by atoms with E-state index < -0.39 is 29.8 Å². The number of nitrogens with one attached hydrogen (secondary N) is 2. The third-order valence-electron chi connectivity index (χ3n) is 6.73. The molecule has 0 saturated carbocycles. The molecule has 43 heavy (non-hydrogen) atoms. The second-order valence-corrected chi connectivity index (χ2v) is 11.0. The van der Waals surface area contributed by atoms with E-state index in [0.717, 1.165) is 27.8 Å². The molecule has 0 aromatic heterocycles. The summed E-state index contributed by atoms with van der Waals surface area (Å²) in [5.41, 5.74) is 4.77. The topological polar surface area (TPSA) is 103 Å². The molecule has 2 amide bonds. The average Bonchev–Trinajstić information content (AvgIpc) is 3.32. The Kier molecular flexibility index (Phi) is 12.6. The lowest BCUT2D eigenvalue weighted by molar-refractivity contribution is -0.147. The number of hydrogen-bond donors (Lipinski definition) is 2. The lowest BCUT2D eigenvalue weighted by Gasteiger charge is -2.20. The van der Waals surface area contributed by atoms with E-state index in [1.54, 1.807) is 20.8 Å². The van der Waals surface area contributed by atoms with E-state index in [1.165, 1.54) is 0 Å². The van der Waals surface area contributed by atoms with Gasteiger partial charge in [-0.05, 0) is 67.9 Å². The van der Waals surface area contributed by atoms with Crippen molar-refractivity contribution < 1.29 is 28.6 Å². The van der Waals surface area contributed by atoms with Crippen LogP contribution in [0.15, 0.2) is 78.9 Å². The first-order valence-corrected chi connectivity index (χ1v) is 15.0. The fraction of sp³-hybridized carbons (Fsp3) is 0.400. The highest BCUT2D eigenvalue weighted by molar-refractivity contribution is 5.82. The number of fused-ring (bicyclic) bond motifs is 3. The first-order chi connectivity index (χ1) is 20.7. The monoisotopic (exact) mass is 588 g/mol. The fourth-order valence-corrected chi connectivity index (χ4v) is 4.84. The molecule has 1 aliphatic carbocycles. The van der Waals surface area contributed by atoms with Crippen LogP contribution in [-0.2, 0) is 25.6 Å². The van der Waals surface area contributed by atoms with Gasteiger partial charge in [-0.1, -0.05) is 92.7 Å². The Bertz CT molecular complexity index is 1290. The minimum atomic E-state index is -0.893. The maximum Gasteiger partial charge on any atom is 0.407 e. The van der Waals surface area contributed by atoms with E-state index >= 15 is 0 Å².